The van der Waals surface area contributed by atoms with Crippen LogP contribution in [0.25, 0.3) is 0 Å². The lowest BCUT2D eigenvalue weighted by Gasteiger charge is -2.35. The van der Waals surface area contributed by atoms with Crippen LogP contribution in [-0.2, 0) is 4.74 Å². The highest BCUT2D eigenvalue weighted by atomic mass is 35.5. The summed E-state index contributed by atoms with van der Waals surface area (Å²) in [5, 5.41) is 8.46. The molecule has 1 aromatic carbocycles. The number of halogens is 1. The van der Waals surface area contributed by atoms with E-state index in [9.17, 15) is 14.4 Å². The number of ether oxygens (including phenoxy) is 1. The Balaban J connectivity index is 1.37. The second-order valence-electron chi connectivity index (χ2n) is 8.82. The predicted octanol–water partition coefficient (Wildman–Crippen LogP) is 3.86. The lowest BCUT2D eigenvalue weighted by molar-refractivity contribution is 0.0147. The molecule has 11 heteroatoms. The highest BCUT2D eigenvalue weighted by molar-refractivity contribution is 6.34. The van der Waals surface area contributed by atoms with Gasteiger partial charge in [-0.2, -0.15) is 0 Å². The second kappa shape index (κ2) is 11.3. The number of piperazine rings is 1. The van der Waals surface area contributed by atoms with Crippen LogP contribution in [0.2, 0.25) is 5.02 Å². The van der Waals surface area contributed by atoms with Gasteiger partial charge in [-0.1, -0.05) is 11.6 Å². The zero-order valence-electron chi connectivity index (χ0n) is 19.5. The minimum atomic E-state index is -0.510. The van der Waals surface area contributed by atoms with Gasteiger partial charge in [-0.3, -0.25) is 9.69 Å². The van der Waals surface area contributed by atoms with E-state index in [-0.39, 0.29) is 22.9 Å². The summed E-state index contributed by atoms with van der Waals surface area (Å²) in [6.45, 7) is 9.25. The maximum atomic E-state index is 12.2. The molecule has 1 aliphatic rings. The summed E-state index contributed by atoms with van der Waals surface area (Å²) in [5.74, 6) is -0.249. The van der Waals surface area contributed by atoms with Gasteiger partial charge >= 0.3 is 12.1 Å². The number of urea groups is 1. The first-order valence-electron chi connectivity index (χ1n) is 11.0. The van der Waals surface area contributed by atoms with Crippen LogP contribution in [-0.4, -0.2) is 72.7 Å². The summed E-state index contributed by atoms with van der Waals surface area (Å²) in [6, 6.07) is 7.59. The second-order valence-corrected chi connectivity index (χ2v) is 9.22. The highest BCUT2D eigenvalue weighted by Gasteiger charge is 2.25. The lowest BCUT2D eigenvalue weighted by atomic mass is 10.2. The van der Waals surface area contributed by atoms with Crippen LogP contribution in [0.5, 0.6) is 0 Å². The summed E-state index contributed by atoms with van der Waals surface area (Å²) in [4.78, 5) is 40.3. The van der Waals surface area contributed by atoms with E-state index < -0.39 is 11.5 Å². The molecule has 1 aliphatic heterocycles. The van der Waals surface area contributed by atoms with Gasteiger partial charge in [0.1, 0.15) is 5.60 Å². The van der Waals surface area contributed by atoms with Crippen molar-refractivity contribution in [2.75, 3.05) is 49.9 Å². The molecule has 0 saturated carbocycles. The Hall–Kier alpha value is -3.24. The summed E-state index contributed by atoms with van der Waals surface area (Å²) < 4.78 is 10.5. The van der Waals surface area contributed by atoms with E-state index in [2.05, 4.69) is 20.9 Å². The third-order valence-electron chi connectivity index (χ3n) is 4.96. The molecule has 0 radical (unpaired) electrons. The van der Waals surface area contributed by atoms with E-state index in [1.807, 2.05) is 20.8 Å². The number of carbonyl (C=O) groups excluding carboxylic acids is 3. The lowest BCUT2D eigenvalue weighted by Crippen LogP contribution is -2.51. The molecular weight excluding hydrogens is 462 g/mol. The first kappa shape index (κ1) is 25.4. The van der Waals surface area contributed by atoms with Gasteiger partial charge in [-0.25, -0.2) is 9.59 Å². The van der Waals surface area contributed by atoms with Crippen molar-refractivity contribution in [2.24, 2.45) is 0 Å². The molecule has 2 heterocycles. The fraction of sp³-hybridized carbons (Fsp3) is 0.435. The van der Waals surface area contributed by atoms with Gasteiger partial charge in [-0.15, -0.1) is 0 Å². The molecule has 1 fully saturated rings. The van der Waals surface area contributed by atoms with Gasteiger partial charge in [0.2, 0.25) is 0 Å². The number of nitrogens with zero attached hydrogens (tertiary/aromatic N) is 2. The summed E-state index contributed by atoms with van der Waals surface area (Å²) in [5.41, 5.74) is 0.383. The number of hydrogen-bond acceptors (Lipinski definition) is 6. The summed E-state index contributed by atoms with van der Waals surface area (Å²) >= 11 is 6.23. The van der Waals surface area contributed by atoms with E-state index >= 15 is 0 Å². The number of carbonyl (C=O) groups is 3. The average molecular weight is 492 g/mol. The quantitative estimate of drug-likeness (QED) is 0.565. The average Bonchev–Trinajstić information content (AvgIpc) is 3.30. The number of amides is 4. The number of hydrogen-bond donors (Lipinski definition) is 3. The van der Waals surface area contributed by atoms with E-state index in [1.54, 1.807) is 35.2 Å². The normalized spacial score (nSPS) is 14.4. The molecular formula is C23H30ClN5O5. The van der Waals surface area contributed by atoms with E-state index in [0.29, 0.717) is 50.6 Å². The van der Waals surface area contributed by atoms with Crippen LogP contribution in [0.4, 0.5) is 21.0 Å². The number of benzene rings is 1. The van der Waals surface area contributed by atoms with Gasteiger partial charge < -0.3 is 30.0 Å². The minimum Gasteiger partial charge on any atom is -0.459 e. The molecule has 10 nitrogen and oxygen atoms in total. The topological polar surface area (TPSA) is 116 Å². The Morgan fingerprint density at radius 1 is 1.09 bits per heavy atom. The Morgan fingerprint density at radius 3 is 2.44 bits per heavy atom. The van der Waals surface area contributed by atoms with E-state index in [0.717, 1.165) is 0 Å². The first-order valence-corrected chi connectivity index (χ1v) is 11.4. The van der Waals surface area contributed by atoms with Crippen molar-refractivity contribution >= 4 is 41.0 Å². The Morgan fingerprint density at radius 2 is 1.82 bits per heavy atom. The first-order chi connectivity index (χ1) is 16.1. The van der Waals surface area contributed by atoms with Crippen molar-refractivity contribution < 1.29 is 23.5 Å². The molecule has 1 aromatic heterocycles. The van der Waals surface area contributed by atoms with Gasteiger partial charge in [0.05, 0.1) is 17.0 Å². The fourth-order valence-electron chi connectivity index (χ4n) is 3.27. The molecule has 1 saturated heterocycles. The molecule has 34 heavy (non-hydrogen) atoms. The monoisotopic (exact) mass is 491 g/mol. The van der Waals surface area contributed by atoms with Crippen molar-refractivity contribution in [3.63, 3.8) is 0 Å². The van der Waals surface area contributed by atoms with Gasteiger partial charge in [0, 0.05) is 45.0 Å². The molecule has 0 atom stereocenters. The van der Waals surface area contributed by atoms with Crippen LogP contribution >= 0.6 is 11.6 Å². The third kappa shape index (κ3) is 7.67. The molecule has 0 aliphatic carbocycles. The van der Waals surface area contributed by atoms with Crippen LogP contribution < -0.4 is 16.0 Å². The fourth-order valence-corrected chi connectivity index (χ4v) is 3.50. The van der Waals surface area contributed by atoms with E-state index in [4.69, 9.17) is 20.8 Å². The molecule has 4 amide bonds. The standard InChI is InChI=1S/C23H30ClN5O5/c1-23(2,3)34-22(32)29-12-10-28(11-13-29)9-8-25-21(31)26-16-6-7-18(17(24)15-16)27-20(30)19-5-4-14-33-19/h4-7,14-15H,8-13H2,1-3H3,(H,27,30)(H2,25,26,31). The van der Waals surface area contributed by atoms with Crippen molar-refractivity contribution in [3.8, 4) is 0 Å². The highest BCUT2D eigenvalue weighted by Crippen LogP contribution is 2.26. The largest absolute Gasteiger partial charge is 0.459 e. The minimum absolute atomic E-state index is 0.170. The molecule has 0 bridgehead atoms. The van der Waals surface area contributed by atoms with Crippen molar-refractivity contribution in [1.29, 1.82) is 0 Å². The van der Waals surface area contributed by atoms with Gasteiger partial charge in [-0.05, 0) is 51.1 Å². The maximum Gasteiger partial charge on any atom is 0.410 e. The number of furan rings is 1. The van der Waals surface area contributed by atoms with Crippen LogP contribution in [0.3, 0.4) is 0 Å². The molecule has 3 rings (SSSR count). The summed E-state index contributed by atoms with van der Waals surface area (Å²) in [6.07, 6.45) is 1.11. The van der Waals surface area contributed by atoms with Gasteiger partial charge in [0.25, 0.3) is 5.91 Å². The van der Waals surface area contributed by atoms with Crippen molar-refractivity contribution in [2.45, 2.75) is 26.4 Å². The van der Waals surface area contributed by atoms with E-state index in [1.165, 1.54) is 6.26 Å². The predicted molar refractivity (Wildman–Crippen MR) is 129 cm³/mol. The molecule has 3 N–H and O–H groups in total. The van der Waals surface area contributed by atoms with Gasteiger partial charge in [0.15, 0.2) is 5.76 Å². The van der Waals surface area contributed by atoms with Crippen LogP contribution in [0.1, 0.15) is 31.3 Å². The molecule has 184 valence electrons. The number of nitrogens with one attached hydrogen (secondary N) is 3. The van der Waals surface area contributed by atoms with Crippen LogP contribution in [0, 0.1) is 0 Å². The third-order valence-corrected chi connectivity index (χ3v) is 5.27. The zero-order valence-corrected chi connectivity index (χ0v) is 20.3. The number of anilines is 2. The molecule has 0 spiro atoms. The SMILES string of the molecule is CC(C)(C)OC(=O)N1CCN(CCNC(=O)Nc2ccc(NC(=O)c3ccco3)c(Cl)c2)CC1. The smallest absolute Gasteiger partial charge is 0.410 e. The zero-order chi connectivity index (χ0) is 24.7. The van der Waals surface area contributed by atoms with Crippen molar-refractivity contribution in [3.05, 3.63) is 47.4 Å². The Kier molecular flexibility index (Phi) is 8.41. The molecule has 0 unspecified atom stereocenters. The Labute approximate surface area is 203 Å². The van der Waals surface area contributed by atoms with Crippen molar-refractivity contribution in [1.82, 2.24) is 15.1 Å². The maximum absolute atomic E-state index is 12.2. The number of rotatable bonds is 6. The Bertz CT molecular complexity index is 998. The molecule has 2 aromatic rings. The van der Waals surface area contributed by atoms with Crippen LogP contribution in [0.15, 0.2) is 41.0 Å². The summed E-state index contributed by atoms with van der Waals surface area (Å²) in [7, 11) is 0.